The Morgan fingerprint density at radius 3 is 2.73 bits per heavy atom. The number of hydrogen-bond acceptors (Lipinski definition) is 4. The number of nitrogens with one attached hydrogen (secondary N) is 1. The van der Waals surface area contributed by atoms with Crippen LogP contribution in [0.5, 0.6) is 0 Å². The van der Waals surface area contributed by atoms with E-state index in [-0.39, 0.29) is 0 Å². The fourth-order valence-electron chi connectivity index (χ4n) is 1.04. The SMILES string of the molecule is C#CCCC[C@@H](NC(=O)CO)C(=O)OC. The number of rotatable bonds is 6. The van der Waals surface area contributed by atoms with Crippen LogP contribution in [0.25, 0.3) is 0 Å². The van der Waals surface area contributed by atoms with E-state index in [1.54, 1.807) is 0 Å². The first-order chi connectivity index (χ1) is 7.15. The molecule has 0 heterocycles. The van der Waals surface area contributed by atoms with Crippen molar-refractivity contribution in [2.24, 2.45) is 0 Å². The van der Waals surface area contributed by atoms with E-state index in [0.29, 0.717) is 19.3 Å². The van der Waals surface area contributed by atoms with Crippen molar-refractivity contribution < 1.29 is 19.4 Å². The Hall–Kier alpha value is -1.54. The number of carbonyl (C=O) groups excluding carboxylic acids is 2. The minimum absolute atomic E-state index is 0.405. The van der Waals surface area contributed by atoms with Gasteiger partial charge in [-0.3, -0.25) is 4.79 Å². The van der Waals surface area contributed by atoms with E-state index in [4.69, 9.17) is 11.5 Å². The molecular formula is C10H15NO4. The average molecular weight is 213 g/mol. The van der Waals surface area contributed by atoms with Crippen LogP contribution < -0.4 is 5.32 Å². The molecule has 0 saturated carbocycles. The van der Waals surface area contributed by atoms with Gasteiger partial charge in [-0.1, -0.05) is 0 Å². The average Bonchev–Trinajstić information content (AvgIpc) is 2.26. The minimum atomic E-state index is -0.733. The Bertz CT molecular complexity index is 257. The Labute approximate surface area is 88.8 Å². The lowest BCUT2D eigenvalue weighted by atomic mass is 10.1. The molecule has 0 radical (unpaired) electrons. The van der Waals surface area contributed by atoms with Crippen molar-refractivity contribution in [2.75, 3.05) is 13.7 Å². The van der Waals surface area contributed by atoms with Gasteiger partial charge in [0.05, 0.1) is 7.11 Å². The Morgan fingerprint density at radius 1 is 1.60 bits per heavy atom. The van der Waals surface area contributed by atoms with Crippen LogP contribution in [0.4, 0.5) is 0 Å². The van der Waals surface area contributed by atoms with Gasteiger partial charge in [0.15, 0.2) is 0 Å². The molecule has 0 spiro atoms. The minimum Gasteiger partial charge on any atom is -0.467 e. The van der Waals surface area contributed by atoms with Crippen LogP contribution >= 0.6 is 0 Å². The van der Waals surface area contributed by atoms with Gasteiger partial charge in [0, 0.05) is 6.42 Å². The molecule has 0 fully saturated rings. The second-order valence-electron chi connectivity index (χ2n) is 2.90. The molecule has 0 bridgehead atoms. The van der Waals surface area contributed by atoms with Gasteiger partial charge in [-0.2, -0.15) is 0 Å². The summed E-state index contributed by atoms with van der Waals surface area (Å²) in [5.41, 5.74) is 0. The number of methoxy groups -OCH3 is 1. The first-order valence-electron chi connectivity index (χ1n) is 4.57. The highest BCUT2D eigenvalue weighted by atomic mass is 16.5. The van der Waals surface area contributed by atoms with Crippen LogP contribution in [0.3, 0.4) is 0 Å². The number of carbonyl (C=O) groups is 2. The zero-order valence-electron chi connectivity index (χ0n) is 8.66. The first kappa shape index (κ1) is 13.5. The van der Waals surface area contributed by atoms with E-state index in [2.05, 4.69) is 16.0 Å². The van der Waals surface area contributed by atoms with Crippen molar-refractivity contribution in [1.82, 2.24) is 5.32 Å². The molecule has 0 aromatic rings. The normalized spacial score (nSPS) is 11.3. The van der Waals surface area contributed by atoms with Gasteiger partial charge < -0.3 is 15.2 Å². The maximum atomic E-state index is 11.2. The zero-order valence-corrected chi connectivity index (χ0v) is 8.66. The molecule has 0 aliphatic heterocycles. The molecule has 15 heavy (non-hydrogen) atoms. The number of aliphatic hydroxyl groups excluding tert-OH is 1. The second-order valence-corrected chi connectivity index (χ2v) is 2.90. The maximum Gasteiger partial charge on any atom is 0.328 e. The van der Waals surface area contributed by atoms with Crippen molar-refractivity contribution in [3.05, 3.63) is 0 Å². The van der Waals surface area contributed by atoms with Gasteiger partial charge >= 0.3 is 5.97 Å². The summed E-state index contributed by atoms with van der Waals surface area (Å²) in [6.07, 6.45) is 6.61. The fraction of sp³-hybridized carbons (Fsp3) is 0.600. The molecular weight excluding hydrogens is 198 g/mol. The summed E-state index contributed by atoms with van der Waals surface area (Å²) in [6.45, 7) is -0.650. The number of amides is 1. The molecule has 0 rings (SSSR count). The van der Waals surface area contributed by atoms with Crippen LogP contribution in [0, 0.1) is 12.3 Å². The molecule has 0 unspecified atom stereocenters. The van der Waals surface area contributed by atoms with Gasteiger partial charge in [-0.25, -0.2) is 4.79 Å². The van der Waals surface area contributed by atoms with Crippen molar-refractivity contribution in [3.8, 4) is 12.3 Å². The van der Waals surface area contributed by atoms with Crippen molar-refractivity contribution in [1.29, 1.82) is 0 Å². The number of esters is 1. The van der Waals surface area contributed by atoms with Crippen LogP contribution in [0.1, 0.15) is 19.3 Å². The van der Waals surface area contributed by atoms with Crippen molar-refractivity contribution in [3.63, 3.8) is 0 Å². The molecule has 0 aliphatic rings. The molecule has 2 N–H and O–H groups in total. The first-order valence-corrected chi connectivity index (χ1v) is 4.57. The molecule has 1 atom stereocenters. The Morgan fingerprint density at radius 2 is 2.27 bits per heavy atom. The summed E-state index contributed by atoms with van der Waals surface area (Å²) in [4.78, 5) is 22.1. The van der Waals surface area contributed by atoms with Crippen LogP contribution in [-0.2, 0) is 14.3 Å². The topological polar surface area (TPSA) is 75.6 Å². The predicted molar refractivity (Wildman–Crippen MR) is 53.7 cm³/mol. The van der Waals surface area contributed by atoms with Gasteiger partial charge in [0.25, 0.3) is 0 Å². The van der Waals surface area contributed by atoms with E-state index in [9.17, 15) is 9.59 Å². The highest BCUT2D eigenvalue weighted by Gasteiger charge is 2.20. The monoisotopic (exact) mass is 213 g/mol. The Kier molecular flexibility index (Phi) is 7.02. The smallest absolute Gasteiger partial charge is 0.328 e. The number of ether oxygens (including phenoxy) is 1. The summed E-state index contributed by atoms with van der Waals surface area (Å²) in [6, 6.07) is -0.733. The summed E-state index contributed by atoms with van der Waals surface area (Å²) in [5, 5.41) is 10.9. The molecule has 84 valence electrons. The summed E-state index contributed by atoms with van der Waals surface area (Å²) in [5.74, 6) is 1.29. The van der Waals surface area contributed by atoms with E-state index in [1.807, 2.05) is 0 Å². The highest BCUT2D eigenvalue weighted by molar-refractivity contribution is 5.84. The molecule has 5 heteroatoms. The fourth-order valence-corrected chi connectivity index (χ4v) is 1.04. The van der Waals surface area contributed by atoms with Crippen molar-refractivity contribution >= 4 is 11.9 Å². The summed E-state index contributed by atoms with van der Waals surface area (Å²) in [7, 11) is 1.24. The predicted octanol–water partition coefficient (Wildman–Crippen LogP) is -0.560. The lowest BCUT2D eigenvalue weighted by Gasteiger charge is -2.14. The summed E-state index contributed by atoms with van der Waals surface area (Å²) < 4.78 is 4.50. The largest absolute Gasteiger partial charge is 0.467 e. The molecule has 0 saturated heterocycles. The number of unbranched alkanes of at least 4 members (excludes halogenated alkanes) is 1. The number of terminal acetylenes is 1. The molecule has 5 nitrogen and oxygen atoms in total. The van der Waals surface area contributed by atoms with Crippen LogP contribution in [-0.4, -0.2) is 36.7 Å². The van der Waals surface area contributed by atoms with Crippen molar-refractivity contribution in [2.45, 2.75) is 25.3 Å². The number of aliphatic hydroxyl groups is 1. The standard InChI is InChI=1S/C10H15NO4/c1-3-4-5-6-8(10(14)15-2)11-9(13)7-12/h1,8,12H,4-7H2,2H3,(H,11,13)/t8-/m1/s1. The third-order valence-corrected chi connectivity index (χ3v) is 1.78. The highest BCUT2D eigenvalue weighted by Crippen LogP contribution is 2.02. The second kappa shape index (κ2) is 7.83. The lowest BCUT2D eigenvalue weighted by molar-refractivity contribution is -0.145. The molecule has 0 aromatic carbocycles. The lowest BCUT2D eigenvalue weighted by Crippen LogP contribution is -2.42. The molecule has 0 aliphatic carbocycles. The van der Waals surface area contributed by atoms with Gasteiger partial charge in [-0.15, -0.1) is 12.3 Å². The van der Waals surface area contributed by atoms with Gasteiger partial charge in [-0.05, 0) is 12.8 Å². The van der Waals surface area contributed by atoms with Gasteiger partial charge in [0.2, 0.25) is 5.91 Å². The van der Waals surface area contributed by atoms with E-state index in [1.165, 1.54) is 7.11 Å². The van der Waals surface area contributed by atoms with E-state index >= 15 is 0 Å². The van der Waals surface area contributed by atoms with Crippen LogP contribution in [0.2, 0.25) is 0 Å². The van der Waals surface area contributed by atoms with E-state index in [0.717, 1.165) is 0 Å². The van der Waals surface area contributed by atoms with E-state index < -0.39 is 24.5 Å². The summed E-state index contributed by atoms with van der Waals surface area (Å²) >= 11 is 0. The number of hydrogen-bond donors (Lipinski definition) is 2. The van der Waals surface area contributed by atoms with Crippen LogP contribution in [0.15, 0.2) is 0 Å². The third-order valence-electron chi connectivity index (χ3n) is 1.78. The Balaban J connectivity index is 4.13. The van der Waals surface area contributed by atoms with Gasteiger partial charge in [0.1, 0.15) is 12.6 Å². The third kappa shape index (κ3) is 5.70. The molecule has 0 aromatic heterocycles. The maximum absolute atomic E-state index is 11.2. The quantitative estimate of drug-likeness (QED) is 0.352. The zero-order chi connectivity index (χ0) is 11.7. The molecule has 1 amide bonds.